The number of halogens is 4. The standard InChI is InChI=1S/C16H17F4NO/c17-12-5-1-4-11(10-12)13-6-2-9-21(13)14(22)15(7-3-8-15)16(18,19)20/h1,4-5,10,13H,2-3,6-9H2. The van der Waals surface area contributed by atoms with Crippen LogP contribution in [0.25, 0.3) is 0 Å². The van der Waals surface area contributed by atoms with Crippen LogP contribution in [0, 0.1) is 11.2 Å². The fraction of sp³-hybridized carbons (Fsp3) is 0.562. The van der Waals surface area contributed by atoms with Crippen molar-refractivity contribution in [3.05, 3.63) is 35.6 Å². The normalized spacial score (nSPS) is 24.2. The van der Waals surface area contributed by atoms with Crippen LogP contribution in [0.2, 0.25) is 0 Å². The van der Waals surface area contributed by atoms with Gasteiger partial charge < -0.3 is 4.90 Å². The molecule has 0 spiro atoms. The van der Waals surface area contributed by atoms with Crippen LogP contribution < -0.4 is 0 Å². The number of carbonyl (C=O) groups excluding carboxylic acids is 1. The molecule has 120 valence electrons. The van der Waals surface area contributed by atoms with E-state index in [9.17, 15) is 22.4 Å². The van der Waals surface area contributed by atoms with Crippen LogP contribution in [0.1, 0.15) is 43.7 Å². The summed E-state index contributed by atoms with van der Waals surface area (Å²) in [6.07, 6.45) is -3.16. The molecule has 1 aromatic rings. The summed E-state index contributed by atoms with van der Waals surface area (Å²) >= 11 is 0. The average Bonchev–Trinajstić information content (AvgIpc) is 2.84. The molecule has 1 aromatic carbocycles. The predicted octanol–water partition coefficient (Wildman–Crippen LogP) is 4.22. The monoisotopic (exact) mass is 315 g/mol. The van der Waals surface area contributed by atoms with Gasteiger partial charge in [0.2, 0.25) is 5.91 Å². The first kappa shape index (κ1) is 15.3. The Morgan fingerprint density at radius 1 is 1.23 bits per heavy atom. The fourth-order valence-corrected chi connectivity index (χ4v) is 3.49. The molecule has 0 bridgehead atoms. The number of rotatable bonds is 2. The van der Waals surface area contributed by atoms with Gasteiger partial charge in [0.15, 0.2) is 0 Å². The molecule has 1 aliphatic heterocycles. The molecule has 2 aliphatic rings. The minimum Gasteiger partial charge on any atom is -0.335 e. The minimum absolute atomic E-state index is 0.137. The third kappa shape index (κ3) is 2.29. The van der Waals surface area contributed by atoms with E-state index in [2.05, 4.69) is 0 Å². The second kappa shape index (κ2) is 5.25. The van der Waals surface area contributed by atoms with Gasteiger partial charge in [0.25, 0.3) is 0 Å². The largest absolute Gasteiger partial charge is 0.403 e. The smallest absolute Gasteiger partial charge is 0.335 e. The molecule has 2 fully saturated rings. The summed E-state index contributed by atoms with van der Waals surface area (Å²) in [6.45, 7) is 0.303. The molecule has 3 rings (SSSR count). The predicted molar refractivity (Wildman–Crippen MR) is 72.4 cm³/mol. The van der Waals surface area contributed by atoms with E-state index < -0.39 is 29.4 Å². The molecule has 1 unspecified atom stereocenters. The number of amides is 1. The molecule has 22 heavy (non-hydrogen) atoms. The zero-order valence-electron chi connectivity index (χ0n) is 12.0. The first-order valence-electron chi connectivity index (χ1n) is 7.48. The molecular formula is C16H17F4NO. The third-order valence-corrected chi connectivity index (χ3v) is 4.91. The Morgan fingerprint density at radius 3 is 2.50 bits per heavy atom. The number of carbonyl (C=O) groups is 1. The van der Waals surface area contributed by atoms with Crippen molar-refractivity contribution >= 4 is 5.91 Å². The highest BCUT2D eigenvalue weighted by molar-refractivity contribution is 5.85. The molecule has 1 atom stereocenters. The van der Waals surface area contributed by atoms with Crippen molar-refractivity contribution in [1.29, 1.82) is 0 Å². The van der Waals surface area contributed by atoms with Crippen molar-refractivity contribution in [3.8, 4) is 0 Å². The summed E-state index contributed by atoms with van der Waals surface area (Å²) in [4.78, 5) is 13.9. The van der Waals surface area contributed by atoms with Crippen molar-refractivity contribution in [1.82, 2.24) is 4.90 Å². The summed E-state index contributed by atoms with van der Waals surface area (Å²) in [5, 5.41) is 0. The Bertz CT molecular complexity index is 580. The van der Waals surface area contributed by atoms with E-state index in [1.165, 1.54) is 23.1 Å². The average molecular weight is 315 g/mol. The number of benzene rings is 1. The van der Waals surface area contributed by atoms with Crippen LogP contribution in [0.5, 0.6) is 0 Å². The SMILES string of the molecule is O=C(N1CCCC1c1cccc(F)c1)C1(C(F)(F)F)CCC1. The molecule has 0 radical (unpaired) electrons. The van der Waals surface area contributed by atoms with Gasteiger partial charge in [0.05, 0.1) is 6.04 Å². The molecule has 1 aliphatic carbocycles. The van der Waals surface area contributed by atoms with Gasteiger partial charge in [-0.3, -0.25) is 4.79 Å². The lowest BCUT2D eigenvalue weighted by Crippen LogP contribution is -2.55. The van der Waals surface area contributed by atoms with Crippen molar-refractivity contribution in [2.45, 2.75) is 44.3 Å². The zero-order valence-corrected chi connectivity index (χ0v) is 12.0. The number of alkyl halides is 3. The second-order valence-corrected chi connectivity index (χ2v) is 6.14. The number of likely N-dealkylation sites (tertiary alicyclic amines) is 1. The molecule has 1 saturated heterocycles. The number of hydrogen-bond donors (Lipinski definition) is 0. The minimum atomic E-state index is -4.52. The lowest BCUT2D eigenvalue weighted by molar-refractivity contribution is -0.248. The maximum absolute atomic E-state index is 13.4. The molecule has 1 amide bonds. The van der Waals surface area contributed by atoms with Gasteiger partial charge in [-0.25, -0.2) is 4.39 Å². The van der Waals surface area contributed by atoms with Gasteiger partial charge in [0, 0.05) is 6.54 Å². The van der Waals surface area contributed by atoms with Crippen LogP contribution in [-0.4, -0.2) is 23.5 Å². The quantitative estimate of drug-likeness (QED) is 0.748. The fourth-order valence-electron chi connectivity index (χ4n) is 3.49. The Balaban J connectivity index is 1.89. The summed E-state index contributed by atoms with van der Waals surface area (Å²) < 4.78 is 53.4. The Morgan fingerprint density at radius 2 is 1.95 bits per heavy atom. The van der Waals surface area contributed by atoms with E-state index in [-0.39, 0.29) is 12.8 Å². The highest BCUT2D eigenvalue weighted by Gasteiger charge is 2.65. The zero-order chi connectivity index (χ0) is 16.0. The lowest BCUT2D eigenvalue weighted by Gasteiger charge is -2.44. The molecule has 0 N–H and O–H groups in total. The van der Waals surface area contributed by atoms with Crippen molar-refractivity contribution in [2.75, 3.05) is 6.54 Å². The second-order valence-electron chi connectivity index (χ2n) is 6.14. The molecular weight excluding hydrogens is 298 g/mol. The molecule has 2 nitrogen and oxygen atoms in total. The Labute approximate surface area is 126 Å². The first-order valence-corrected chi connectivity index (χ1v) is 7.48. The summed E-state index contributed by atoms with van der Waals surface area (Å²) in [5.74, 6) is -1.27. The van der Waals surface area contributed by atoms with Gasteiger partial charge >= 0.3 is 6.18 Å². The third-order valence-electron chi connectivity index (χ3n) is 4.91. The molecule has 1 saturated carbocycles. The van der Waals surface area contributed by atoms with Gasteiger partial charge in [-0.2, -0.15) is 13.2 Å². The van der Waals surface area contributed by atoms with Crippen LogP contribution in [0.4, 0.5) is 17.6 Å². The maximum atomic E-state index is 13.4. The van der Waals surface area contributed by atoms with Gasteiger partial charge in [0.1, 0.15) is 11.2 Å². The van der Waals surface area contributed by atoms with Crippen LogP contribution in [0.3, 0.4) is 0 Å². The molecule has 6 heteroatoms. The topological polar surface area (TPSA) is 20.3 Å². The first-order chi connectivity index (χ1) is 10.3. The van der Waals surface area contributed by atoms with Gasteiger partial charge in [-0.1, -0.05) is 18.6 Å². The summed E-state index contributed by atoms with van der Waals surface area (Å²) in [5.41, 5.74) is -1.65. The summed E-state index contributed by atoms with van der Waals surface area (Å²) in [7, 11) is 0. The van der Waals surface area contributed by atoms with Crippen molar-refractivity contribution in [3.63, 3.8) is 0 Å². The van der Waals surface area contributed by atoms with E-state index >= 15 is 0 Å². The van der Waals surface area contributed by atoms with Gasteiger partial charge in [-0.05, 0) is 43.4 Å². The highest BCUT2D eigenvalue weighted by atomic mass is 19.4. The van der Waals surface area contributed by atoms with E-state index in [1.54, 1.807) is 6.07 Å². The van der Waals surface area contributed by atoms with Gasteiger partial charge in [-0.15, -0.1) is 0 Å². The molecule has 0 aromatic heterocycles. The van der Waals surface area contributed by atoms with E-state index in [4.69, 9.17) is 0 Å². The Kier molecular flexibility index (Phi) is 3.65. The number of hydrogen-bond acceptors (Lipinski definition) is 1. The van der Waals surface area contributed by atoms with Crippen LogP contribution in [-0.2, 0) is 4.79 Å². The van der Waals surface area contributed by atoms with Crippen molar-refractivity contribution in [2.24, 2.45) is 5.41 Å². The summed E-state index contributed by atoms with van der Waals surface area (Å²) in [6, 6.07) is 5.32. The Hall–Kier alpha value is -1.59. The van der Waals surface area contributed by atoms with Crippen LogP contribution in [0.15, 0.2) is 24.3 Å². The van der Waals surface area contributed by atoms with Crippen LogP contribution >= 0.6 is 0 Å². The number of nitrogens with zero attached hydrogens (tertiary/aromatic N) is 1. The van der Waals surface area contributed by atoms with E-state index in [0.717, 1.165) is 0 Å². The maximum Gasteiger partial charge on any atom is 0.403 e. The van der Waals surface area contributed by atoms with E-state index in [0.29, 0.717) is 31.4 Å². The van der Waals surface area contributed by atoms with E-state index in [1.807, 2.05) is 0 Å². The lowest BCUT2D eigenvalue weighted by atomic mass is 9.67. The highest BCUT2D eigenvalue weighted by Crippen LogP contribution is 2.55. The molecule has 1 heterocycles. The van der Waals surface area contributed by atoms with Crippen molar-refractivity contribution < 1.29 is 22.4 Å².